The van der Waals surface area contributed by atoms with Crippen molar-refractivity contribution in [2.45, 2.75) is 12.4 Å². The van der Waals surface area contributed by atoms with Crippen molar-refractivity contribution in [3.05, 3.63) is 101 Å². The summed E-state index contributed by atoms with van der Waals surface area (Å²) in [6, 6.07) is 19.0. The third kappa shape index (κ3) is 4.45. The maximum atomic E-state index is 13.5. The van der Waals surface area contributed by atoms with Crippen LogP contribution in [0.3, 0.4) is 0 Å². The molecule has 0 aliphatic carbocycles. The summed E-state index contributed by atoms with van der Waals surface area (Å²) in [5, 5.41) is -0.436. The van der Waals surface area contributed by atoms with Gasteiger partial charge in [0.2, 0.25) is 0 Å². The topological polar surface area (TPSA) is 0 Å². The molecule has 3 aromatic carbocycles. The van der Waals surface area contributed by atoms with Crippen LogP contribution in [0.5, 0.6) is 0 Å². The molecule has 3 rings (SSSR count). The van der Waals surface area contributed by atoms with Crippen LogP contribution in [-0.2, 0) is 12.4 Å². The van der Waals surface area contributed by atoms with Crippen LogP contribution in [0.15, 0.2) is 78.9 Å². The number of benzene rings is 3. The molecular formula is C21H13F6P. The SMILES string of the molecule is FC(F)(F)c1cccc(C(F)(F)F)c1P=C(c1ccccc1)c1ccccc1. The molecule has 0 bridgehead atoms. The summed E-state index contributed by atoms with van der Waals surface area (Å²) in [6.07, 6.45) is -9.80. The maximum absolute atomic E-state index is 13.5. The van der Waals surface area contributed by atoms with E-state index in [2.05, 4.69) is 0 Å². The normalized spacial score (nSPS) is 12.2. The molecule has 0 heterocycles. The minimum absolute atomic E-state index is 0.175. The zero-order chi connectivity index (χ0) is 20.4. The lowest BCUT2D eigenvalue weighted by atomic mass is 10.1. The Balaban J connectivity index is 2.35. The smallest absolute Gasteiger partial charge is 0.166 e. The van der Waals surface area contributed by atoms with E-state index in [4.69, 9.17) is 0 Å². The van der Waals surface area contributed by atoms with Crippen LogP contribution in [0.2, 0.25) is 0 Å². The average molecular weight is 410 g/mol. The second kappa shape index (κ2) is 7.80. The highest BCUT2D eigenvalue weighted by Gasteiger charge is 2.40. The van der Waals surface area contributed by atoms with Gasteiger partial charge in [-0.1, -0.05) is 74.9 Å². The predicted octanol–water partition coefficient (Wildman–Crippen LogP) is 6.56. The van der Waals surface area contributed by atoms with E-state index < -0.39 is 28.8 Å². The number of halogens is 6. The van der Waals surface area contributed by atoms with Crippen molar-refractivity contribution >= 4 is 18.8 Å². The lowest BCUT2D eigenvalue weighted by molar-refractivity contribution is -0.141. The molecule has 28 heavy (non-hydrogen) atoms. The Kier molecular flexibility index (Phi) is 5.61. The Morgan fingerprint density at radius 3 is 1.29 bits per heavy atom. The summed E-state index contributed by atoms with van der Waals surface area (Å²) in [5.74, 6) is 0. The lowest BCUT2D eigenvalue weighted by Gasteiger charge is -2.17. The average Bonchev–Trinajstić information content (AvgIpc) is 2.66. The second-order valence-electron chi connectivity index (χ2n) is 5.89. The first-order valence-electron chi connectivity index (χ1n) is 8.15. The van der Waals surface area contributed by atoms with Crippen molar-refractivity contribution in [2.75, 3.05) is 0 Å². The Bertz CT molecular complexity index is 900. The minimum atomic E-state index is -4.90. The van der Waals surface area contributed by atoms with Gasteiger partial charge >= 0.3 is 12.4 Å². The molecule has 3 aromatic rings. The zero-order valence-corrected chi connectivity index (χ0v) is 15.1. The Labute approximate surface area is 159 Å². The molecule has 0 aromatic heterocycles. The van der Waals surface area contributed by atoms with Crippen molar-refractivity contribution in [3.63, 3.8) is 0 Å². The zero-order valence-electron chi connectivity index (χ0n) is 14.2. The molecule has 0 aliphatic rings. The summed E-state index contributed by atoms with van der Waals surface area (Å²) in [4.78, 5) is 0. The van der Waals surface area contributed by atoms with E-state index in [0.29, 0.717) is 28.6 Å². The van der Waals surface area contributed by atoms with Crippen LogP contribution in [0, 0.1) is 0 Å². The molecular weight excluding hydrogens is 397 g/mol. The highest BCUT2D eigenvalue weighted by atomic mass is 31.1. The fourth-order valence-electron chi connectivity index (χ4n) is 2.72. The van der Waals surface area contributed by atoms with Crippen molar-refractivity contribution in [1.29, 1.82) is 0 Å². The molecule has 0 nitrogen and oxygen atoms in total. The van der Waals surface area contributed by atoms with E-state index in [1.807, 2.05) is 0 Å². The van der Waals surface area contributed by atoms with E-state index in [1.54, 1.807) is 60.7 Å². The first kappa shape index (κ1) is 20.2. The highest BCUT2D eigenvalue weighted by Crippen LogP contribution is 2.37. The molecule has 0 N–H and O–H groups in total. The summed E-state index contributed by atoms with van der Waals surface area (Å²) in [6.45, 7) is 0. The molecule has 0 saturated carbocycles. The van der Waals surface area contributed by atoms with Crippen molar-refractivity contribution in [3.8, 4) is 0 Å². The number of alkyl halides is 6. The summed E-state index contributed by atoms with van der Waals surface area (Å²) in [5.41, 5.74) is -1.46. The van der Waals surface area contributed by atoms with Gasteiger partial charge in [-0.15, -0.1) is 0 Å². The third-order valence-electron chi connectivity index (χ3n) is 3.96. The Morgan fingerprint density at radius 1 is 0.536 bits per heavy atom. The van der Waals surface area contributed by atoms with Gasteiger partial charge < -0.3 is 0 Å². The van der Waals surface area contributed by atoms with Gasteiger partial charge in [0, 0.05) is 10.6 Å². The van der Waals surface area contributed by atoms with Gasteiger partial charge in [-0.3, -0.25) is 0 Å². The molecule has 0 amide bonds. The standard InChI is InChI=1S/C21H13F6P/c22-20(23,24)16-12-7-13-17(21(25,26)27)19(16)28-18(14-8-3-1-4-9-14)15-10-5-2-6-11-15/h1-13H. The van der Waals surface area contributed by atoms with Crippen LogP contribution in [-0.4, -0.2) is 5.29 Å². The second-order valence-corrected chi connectivity index (χ2v) is 7.01. The quantitative estimate of drug-likeness (QED) is 0.339. The van der Waals surface area contributed by atoms with Gasteiger partial charge in [0.25, 0.3) is 0 Å². The molecule has 0 atom stereocenters. The highest BCUT2D eigenvalue weighted by molar-refractivity contribution is 7.50. The van der Waals surface area contributed by atoms with Gasteiger partial charge in [0.15, 0.2) is 0 Å². The van der Waals surface area contributed by atoms with Gasteiger partial charge in [-0.25, -0.2) is 0 Å². The molecule has 0 radical (unpaired) electrons. The molecule has 0 spiro atoms. The summed E-state index contributed by atoms with van der Waals surface area (Å²) < 4.78 is 80.9. The maximum Gasteiger partial charge on any atom is 0.417 e. The summed E-state index contributed by atoms with van der Waals surface area (Å²) >= 11 is 0. The molecule has 0 aliphatic heterocycles. The third-order valence-corrected chi connectivity index (χ3v) is 5.41. The largest absolute Gasteiger partial charge is 0.417 e. The minimum Gasteiger partial charge on any atom is -0.166 e. The summed E-state index contributed by atoms with van der Waals surface area (Å²) in [7, 11) is -0.175. The van der Waals surface area contributed by atoms with Crippen molar-refractivity contribution in [1.82, 2.24) is 0 Å². The van der Waals surface area contributed by atoms with Crippen LogP contribution in [0.4, 0.5) is 26.3 Å². The first-order valence-corrected chi connectivity index (χ1v) is 9.04. The predicted molar refractivity (Wildman–Crippen MR) is 99.1 cm³/mol. The van der Waals surface area contributed by atoms with E-state index in [1.165, 1.54) is 0 Å². The molecule has 0 saturated heterocycles. The number of hydrogen-bond acceptors (Lipinski definition) is 0. The van der Waals surface area contributed by atoms with E-state index in [9.17, 15) is 26.3 Å². The lowest BCUT2D eigenvalue weighted by Crippen LogP contribution is -2.24. The van der Waals surface area contributed by atoms with E-state index in [-0.39, 0.29) is 8.20 Å². The van der Waals surface area contributed by atoms with E-state index in [0.717, 1.165) is 6.07 Å². The Hall–Kier alpha value is -2.59. The van der Waals surface area contributed by atoms with Gasteiger partial charge in [-0.05, 0) is 23.3 Å². The van der Waals surface area contributed by atoms with Gasteiger partial charge in [-0.2, -0.15) is 26.3 Å². The molecule has 0 fully saturated rings. The first-order chi connectivity index (χ1) is 13.2. The van der Waals surface area contributed by atoms with Gasteiger partial charge in [0.1, 0.15) is 0 Å². The van der Waals surface area contributed by atoms with Crippen LogP contribution in [0.1, 0.15) is 22.3 Å². The van der Waals surface area contributed by atoms with Crippen molar-refractivity contribution < 1.29 is 26.3 Å². The fourth-order valence-corrected chi connectivity index (χ4v) is 4.14. The van der Waals surface area contributed by atoms with Crippen LogP contribution < -0.4 is 5.30 Å². The molecule has 7 heteroatoms. The van der Waals surface area contributed by atoms with Gasteiger partial charge in [0.05, 0.1) is 11.1 Å². The number of hydrogen-bond donors (Lipinski definition) is 0. The fraction of sp³-hybridized carbons (Fsp3) is 0.0952. The molecule has 0 unspecified atom stereocenters. The van der Waals surface area contributed by atoms with Crippen LogP contribution >= 0.6 is 8.20 Å². The molecule has 144 valence electrons. The van der Waals surface area contributed by atoms with Crippen molar-refractivity contribution in [2.24, 2.45) is 0 Å². The number of rotatable bonds is 3. The monoisotopic (exact) mass is 410 g/mol. The Morgan fingerprint density at radius 2 is 0.929 bits per heavy atom. The van der Waals surface area contributed by atoms with E-state index >= 15 is 0 Å². The van der Waals surface area contributed by atoms with Crippen LogP contribution in [0.25, 0.3) is 0 Å².